The topological polar surface area (TPSA) is 67.3 Å². The van der Waals surface area contributed by atoms with E-state index in [0.29, 0.717) is 17.5 Å². The van der Waals surface area contributed by atoms with Crippen LogP contribution in [0.3, 0.4) is 0 Å². The van der Waals surface area contributed by atoms with Crippen molar-refractivity contribution in [3.8, 4) is 0 Å². The first-order valence-electron chi connectivity index (χ1n) is 12.3. The van der Waals surface area contributed by atoms with Crippen LogP contribution in [0.4, 0.5) is 10.3 Å². The summed E-state index contributed by atoms with van der Waals surface area (Å²) in [5.74, 6) is 2.31. The molecule has 3 fully saturated rings. The maximum absolute atomic E-state index is 14.4. The number of ether oxygens (including phenoxy) is 1. The van der Waals surface area contributed by atoms with E-state index in [2.05, 4.69) is 20.2 Å². The molecule has 1 N–H and O–H groups in total. The van der Waals surface area contributed by atoms with Crippen molar-refractivity contribution in [1.82, 2.24) is 15.3 Å². The standard InChI is InChI=1S/C25H32ClFN4O2/c26-18-14-28-25(29-15-18)31-10-7-17(8-11-31)21-5-1-16(21)9-12-33-20-4-6-22(23(27)13-20)24(32)30-19-2-3-19/h4,6,14-17,19-21H,1-3,5,7-13H2,(H,30,32)/t16-,20?,21+/m1/s1. The highest BCUT2D eigenvalue weighted by molar-refractivity contribution is 6.30. The second-order valence-electron chi connectivity index (χ2n) is 9.85. The van der Waals surface area contributed by atoms with Crippen molar-refractivity contribution >= 4 is 23.5 Å². The van der Waals surface area contributed by atoms with Crippen LogP contribution in [0, 0.1) is 17.8 Å². The molecule has 1 aromatic rings. The Morgan fingerprint density at radius 2 is 1.91 bits per heavy atom. The Balaban J connectivity index is 1.02. The SMILES string of the molecule is O=C(NC1CC1)C1=C(F)CC(OCC[C@H]2CC[C@@H]2C2CCN(c3ncc(Cl)cn3)CC2)C=C1. The summed E-state index contributed by atoms with van der Waals surface area (Å²) in [5.41, 5.74) is 0.163. The highest BCUT2D eigenvalue weighted by Gasteiger charge is 2.38. The molecule has 2 saturated carbocycles. The van der Waals surface area contributed by atoms with E-state index in [1.165, 1.54) is 25.7 Å². The number of carbonyl (C=O) groups is 1. The number of rotatable bonds is 8. The maximum Gasteiger partial charge on any atom is 0.254 e. The molecule has 4 aliphatic rings. The van der Waals surface area contributed by atoms with Crippen LogP contribution >= 0.6 is 11.6 Å². The molecule has 1 unspecified atom stereocenters. The van der Waals surface area contributed by atoms with Gasteiger partial charge in [0, 0.05) is 32.2 Å². The first kappa shape index (κ1) is 22.8. The molecule has 0 aromatic carbocycles. The van der Waals surface area contributed by atoms with E-state index in [-0.39, 0.29) is 35.9 Å². The van der Waals surface area contributed by atoms with Gasteiger partial charge in [-0.15, -0.1) is 0 Å². The lowest BCUT2D eigenvalue weighted by atomic mass is 9.63. The minimum absolute atomic E-state index is 0.156. The predicted octanol–water partition coefficient (Wildman–Crippen LogP) is 4.61. The Hall–Kier alpha value is -1.99. The number of halogens is 2. The summed E-state index contributed by atoms with van der Waals surface area (Å²) in [5, 5.41) is 3.41. The Morgan fingerprint density at radius 3 is 2.55 bits per heavy atom. The molecule has 1 aliphatic heterocycles. The molecule has 8 heteroatoms. The Labute approximate surface area is 199 Å². The summed E-state index contributed by atoms with van der Waals surface area (Å²) in [4.78, 5) is 23.0. The van der Waals surface area contributed by atoms with Crippen molar-refractivity contribution in [1.29, 1.82) is 0 Å². The molecule has 0 bridgehead atoms. The van der Waals surface area contributed by atoms with Crippen molar-refractivity contribution in [2.24, 2.45) is 17.8 Å². The van der Waals surface area contributed by atoms with Crippen LogP contribution in [0.1, 0.15) is 51.4 Å². The fraction of sp³-hybridized carbons (Fsp3) is 0.640. The first-order chi connectivity index (χ1) is 16.1. The summed E-state index contributed by atoms with van der Waals surface area (Å²) < 4.78 is 20.4. The van der Waals surface area contributed by atoms with Crippen LogP contribution in [0.15, 0.2) is 35.9 Å². The van der Waals surface area contributed by atoms with Crippen molar-refractivity contribution < 1.29 is 13.9 Å². The minimum Gasteiger partial charge on any atom is -0.374 e. The first-order valence-corrected chi connectivity index (χ1v) is 12.7. The zero-order valence-electron chi connectivity index (χ0n) is 18.9. The Kier molecular flexibility index (Phi) is 6.97. The number of nitrogens with one attached hydrogen (secondary N) is 1. The highest BCUT2D eigenvalue weighted by Crippen LogP contribution is 2.45. The molecule has 3 aliphatic carbocycles. The summed E-state index contributed by atoms with van der Waals surface area (Å²) >= 11 is 5.90. The number of hydrogen-bond donors (Lipinski definition) is 1. The van der Waals surface area contributed by atoms with E-state index >= 15 is 0 Å². The van der Waals surface area contributed by atoms with E-state index < -0.39 is 0 Å². The van der Waals surface area contributed by atoms with Crippen molar-refractivity contribution in [3.63, 3.8) is 0 Å². The highest BCUT2D eigenvalue weighted by atomic mass is 35.5. The van der Waals surface area contributed by atoms with Gasteiger partial charge in [-0.2, -0.15) is 0 Å². The summed E-state index contributed by atoms with van der Waals surface area (Å²) in [6.07, 6.45) is 14.5. The van der Waals surface area contributed by atoms with Crippen molar-refractivity contribution in [3.05, 3.63) is 41.0 Å². The molecule has 6 nitrogen and oxygen atoms in total. The zero-order valence-corrected chi connectivity index (χ0v) is 19.6. The molecular weight excluding hydrogens is 443 g/mol. The second kappa shape index (κ2) is 10.1. The van der Waals surface area contributed by atoms with Gasteiger partial charge in [0.1, 0.15) is 5.83 Å². The molecule has 1 aromatic heterocycles. The number of nitrogens with zero attached hydrogens (tertiary/aromatic N) is 3. The van der Waals surface area contributed by atoms with Crippen LogP contribution < -0.4 is 10.2 Å². The van der Waals surface area contributed by atoms with E-state index in [9.17, 15) is 9.18 Å². The van der Waals surface area contributed by atoms with Crippen LogP contribution in [0.2, 0.25) is 5.02 Å². The number of hydrogen-bond acceptors (Lipinski definition) is 5. The molecule has 1 saturated heterocycles. The van der Waals surface area contributed by atoms with Gasteiger partial charge < -0.3 is 15.0 Å². The smallest absolute Gasteiger partial charge is 0.254 e. The molecular formula is C25H32ClFN4O2. The van der Waals surface area contributed by atoms with Crippen molar-refractivity contribution in [2.75, 3.05) is 24.6 Å². The molecule has 0 radical (unpaired) electrons. The predicted molar refractivity (Wildman–Crippen MR) is 126 cm³/mol. The Morgan fingerprint density at radius 1 is 1.15 bits per heavy atom. The number of piperidine rings is 1. The average molecular weight is 475 g/mol. The third-order valence-electron chi connectivity index (χ3n) is 7.64. The van der Waals surface area contributed by atoms with Gasteiger partial charge in [0.05, 0.1) is 29.1 Å². The molecule has 33 heavy (non-hydrogen) atoms. The fourth-order valence-corrected chi connectivity index (χ4v) is 5.49. The minimum atomic E-state index is -0.362. The lowest BCUT2D eigenvalue weighted by Gasteiger charge is -2.45. The third-order valence-corrected chi connectivity index (χ3v) is 7.83. The van der Waals surface area contributed by atoms with E-state index in [4.69, 9.17) is 16.3 Å². The van der Waals surface area contributed by atoms with Gasteiger partial charge in [0.15, 0.2) is 0 Å². The van der Waals surface area contributed by atoms with Crippen LogP contribution in [0.25, 0.3) is 0 Å². The van der Waals surface area contributed by atoms with E-state index in [1.54, 1.807) is 18.5 Å². The van der Waals surface area contributed by atoms with E-state index in [1.807, 2.05) is 6.08 Å². The summed E-state index contributed by atoms with van der Waals surface area (Å²) in [7, 11) is 0. The van der Waals surface area contributed by atoms with E-state index in [0.717, 1.165) is 50.1 Å². The zero-order chi connectivity index (χ0) is 22.8. The van der Waals surface area contributed by atoms with Gasteiger partial charge in [0.25, 0.3) is 5.91 Å². The van der Waals surface area contributed by atoms with Gasteiger partial charge in [0.2, 0.25) is 5.95 Å². The normalized spacial score (nSPS) is 28.1. The quantitative estimate of drug-likeness (QED) is 0.596. The van der Waals surface area contributed by atoms with Crippen LogP contribution in [0.5, 0.6) is 0 Å². The number of carbonyl (C=O) groups excluding carboxylic acids is 1. The van der Waals surface area contributed by atoms with Gasteiger partial charge in [-0.1, -0.05) is 17.7 Å². The van der Waals surface area contributed by atoms with Gasteiger partial charge >= 0.3 is 0 Å². The molecule has 5 rings (SSSR count). The summed E-state index contributed by atoms with van der Waals surface area (Å²) in [6.45, 7) is 2.62. The van der Waals surface area contributed by atoms with Gasteiger partial charge in [-0.25, -0.2) is 14.4 Å². The molecule has 2 heterocycles. The number of amides is 1. The van der Waals surface area contributed by atoms with Crippen LogP contribution in [-0.2, 0) is 9.53 Å². The van der Waals surface area contributed by atoms with Gasteiger partial charge in [-0.3, -0.25) is 4.79 Å². The third kappa shape index (κ3) is 5.57. The largest absolute Gasteiger partial charge is 0.374 e. The number of anilines is 1. The lowest BCUT2D eigenvalue weighted by molar-refractivity contribution is -0.117. The van der Waals surface area contributed by atoms with Crippen LogP contribution in [-0.4, -0.2) is 47.7 Å². The summed E-state index contributed by atoms with van der Waals surface area (Å²) in [6, 6.07) is 0.230. The molecule has 3 atom stereocenters. The monoisotopic (exact) mass is 474 g/mol. The second-order valence-corrected chi connectivity index (χ2v) is 10.3. The number of aromatic nitrogens is 2. The molecule has 0 spiro atoms. The van der Waals surface area contributed by atoms with Crippen molar-refractivity contribution in [2.45, 2.75) is 63.5 Å². The average Bonchev–Trinajstić information content (AvgIpc) is 3.61. The fourth-order valence-electron chi connectivity index (χ4n) is 5.39. The molecule has 1 amide bonds. The molecule has 178 valence electrons. The van der Waals surface area contributed by atoms with Gasteiger partial charge in [-0.05, 0) is 68.8 Å². The maximum atomic E-state index is 14.4. The lowest BCUT2D eigenvalue weighted by Crippen LogP contribution is -2.42. The Bertz CT molecular complexity index is 909.